The van der Waals surface area contributed by atoms with Gasteiger partial charge in [0, 0.05) is 42.5 Å². The van der Waals surface area contributed by atoms with Gasteiger partial charge < -0.3 is 14.5 Å². The Morgan fingerprint density at radius 3 is 2.18 bits per heavy atom. The maximum absolute atomic E-state index is 12.9. The zero-order valence-electron chi connectivity index (χ0n) is 18.1. The Morgan fingerprint density at radius 2 is 1.55 bits per heavy atom. The number of hydrogen-bond donors (Lipinski definition) is 1. The average molecular weight is 486 g/mol. The Hall–Kier alpha value is -3.23. The topological polar surface area (TPSA) is 78.9 Å². The molecule has 0 spiro atoms. The summed E-state index contributed by atoms with van der Waals surface area (Å²) in [6.45, 7) is 2.58. The number of hydrogen-bond acceptors (Lipinski definition) is 5. The van der Waals surface area contributed by atoms with Gasteiger partial charge in [-0.25, -0.2) is 8.42 Å². The molecule has 1 amide bonds. The Labute approximate surface area is 198 Å². The van der Waals surface area contributed by atoms with Gasteiger partial charge in [0.05, 0.1) is 17.7 Å². The van der Waals surface area contributed by atoms with Crippen LogP contribution in [0.5, 0.6) is 5.75 Å². The van der Waals surface area contributed by atoms with Crippen molar-refractivity contribution in [2.24, 2.45) is 0 Å². The first-order valence-electron chi connectivity index (χ1n) is 10.4. The van der Waals surface area contributed by atoms with Crippen molar-refractivity contribution in [3.63, 3.8) is 0 Å². The van der Waals surface area contributed by atoms with Gasteiger partial charge in [-0.15, -0.1) is 0 Å². The van der Waals surface area contributed by atoms with E-state index in [0.29, 0.717) is 48.2 Å². The quantitative estimate of drug-likeness (QED) is 0.568. The summed E-state index contributed by atoms with van der Waals surface area (Å²) in [5, 5.41) is 0.691. The number of ether oxygens (including phenoxy) is 1. The normalized spacial score (nSPS) is 14.1. The molecule has 1 aliphatic rings. The van der Waals surface area contributed by atoms with Crippen molar-refractivity contribution in [1.82, 2.24) is 4.90 Å². The van der Waals surface area contributed by atoms with Crippen LogP contribution >= 0.6 is 11.6 Å². The minimum absolute atomic E-state index is 0.0671. The lowest BCUT2D eigenvalue weighted by atomic mass is 10.1. The fourth-order valence-corrected chi connectivity index (χ4v) is 4.91. The monoisotopic (exact) mass is 485 g/mol. The summed E-state index contributed by atoms with van der Waals surface area (Å²) in [4.78, 5) is 17.0. The third-order valence-electron chi connectivity index (χ3n) is 5.52. The molecular weight excluding hydrogens is 462 g/mol. The molecule has 0 saturated carbocycles. The van der Waals surface area contributed by atoms with Gasteiger partial charge >= 0.3 is 0 Å². The molecule has 0 bridgehead atoms. The highest BCUT2D eigenvalue weighted by Gasteiger charge is 2.23. The van der Waals surface area contributed by atoms with Gasteiger partial charge in [-0.2, -0.15) is 0 Å². The fourth-order valence-electron chi connectivity index (χ4n) is 3.71. The van der Waals surface area contributed by atoms with Crippen LogP contribution in [0.1, 0.15) is 10.4 Å². The number of methoxy groups -OCH3 is 1. The van der Waals surface area contributed by atoms with Crippen molar-refractivity contribution >= 4 is 38.9 Å². The van der Waals surface area contributed by atoms with Gasteiger partial charge in [0.25, 0.3) is 15.9 Å². The van der Waals surface area contributed by atoms with Crippen LogP contribution in [0.25, 0.3) is 0 Å². The summed E-state index contributed by atoms with van der Waals surface area (Å²) in [5.74, 6) is 0.304. The number of benzene rings is 3. The predicted octanol–water partition coefficient (Wildman–Crippen LogP) is 4.11. The number of carbonyl (C=O) groups is 1. The van der Waals surface area contributed by atoms with E-state index in [-0.39, 0.29) is 10.8 Å². The largest absolute Gasteiger partial charge is 0.495 e. The van der Waals surface area contributed by atoms with Gasteiger partial charge in [0.15, 0.2) is 0 Å². The van der Waals surface area contributed by atoms with E-state index in [1.165, 1.54) is 19.2 Å². The van der Waals surface area contributed by atoms with Crippen LogP contribution in [0.15, 0.2) is 77.7 Å². The Bertz CT molecular complexity index is 1220. The second-order valence-corrected chi connectivity index (χ2v) is 9.70. The second-order valence-electron chi connectivity index (χ2n) is 7.59. The molecule has 0 aromatic heterocycles. The van der Waals surface area contributed by atoms with E-state index in [4.69, 9.17) is 16.3 Å². The molecule has 1 N–H and O–H groups in total. The number of rotatable bonds is 6. The van der Waals surface area contributed by atoms with Crippen LogP contribution in [0.4, 0.5) is 11.4 Å². The maximum Gasteiger partial charge on any atom is 0.262 e. The summed E-state index contributed by atoms with van der Waals surface area (Å²) >= 11 is 5.96. The van der Waals surface area contributed by atoms with Crippen molar-refractivity contribution in [1.29, 1.82) is 0 Å². The zero-order chi connectivity index (χ0) is 23.4. The fraction of sp³-hybridized carbons (Fsp3) is 0.208. The highest BCUT2D eigenvalue weighted by Crippen LogP contribution is 2.26. The van der Waals surface area contributed by atoms with Crippen molar-refractivity contribution in [2.45, 2.75) is 4.90 Å². The van der Waals surface area contributed by atoms with E-state index in [1.807, 2.05) is 24.3 Å². The number of nitrogens with one attached hydrogen (secondary N) is 1. The number of anilines is 2. The average Bonchev–Trinajstić information content (AvgIpc) is 2.84. The molecule has 172 valence electrons. The molecule has 0 atom stereocenters. The third kappa shape index (κ3) is 5.23. The van der Waals surface area contributed by atoms with Crippen LogP contribution in [0.2, 0.25) is 5.02 Å². The summed E-state index contributed by atoms with van der Waals surface area (Å²) in [5.41, 5.74) is 1.87. The summed E-state index contributed by atoms with van der Waals surface area (Å²) in [6, 6.07) is 20.4. The lowest BCUT2D eigenvalue weighted by Gasteiger charge is -2.36. The molecule has 0 unspecified atom stereocenters. The predicted molar refractivity (Wildman–Crippen MR) is 130 cm³/mol. The summed E-state index contributed by atoms with van der Waals surface area (Å²) in [6.07, 6.45) is 0. The van der Waals surface area contributed by atoms with Crippen LogP contribution in [0.3, 0.4) is 0 Å². The van der Waals surface area contributed by atoms with E-state index in [0.717, 1.165) is 5.69 Å². The SMILES string of the molecule is COc1ccccc1NS(=O)(=O)c1ccc(C(=O)N2CCN(c3ccc(Cl)cc3)CC2)cc1. The molecule has 0 radical (unpaired) electrons. The number of para-hydroxylation sites is 2. The number of nitrogens with zero attached hydrogens (tertiary/aromatic N) is 2. The van der Waals surface area contributed by atoms with E-state index >= 15 is 0 Å². The molecule has 33 heavy (non-hydrogen) atoms. The van der Waals surface area contributed by atoms with Crippen molar-refractivity contribution in [3.8, 4) is 5.75 Å². The van der Waals surface area contributed by atoms with Gasteiger partial charge in [0.2, 0.25) is 0 Å². The molecule has 0 aliphatic carbocycles. The Kier molecular flexibility index (Phi) is 6.76. The molecule has 4 rings (SSSR count). The maximum atomic E-state index is 12.9. The molecule has 1 aliphatic heterocycles. The van der Waals surface area contributed by atoms with Crippen molar-refractivity contribution < 1.29 is 17.9 Å². The number of amides is 1. The lowest BCUT2D eigenvalue weighted by Crippen LogP contribution is -2.48. The van der Waals surface area contributed by atoms with E-state index in [1.54, 1.807) is 41.3 Å². The van der Waals surface area contributed by atoms with Gasteiger partial charge in [-0.05, 0) is 60.7 Å². The molecule has 1 saturated heterocycles. The minimum Gasteiger partial charge on any atom is -0.495 e. The van der Waals surface area contributed by atoms with Crippen LogP contribution in [0, 0.1) is 0 Å². The molecular formula is C24H24ClN3O4S. The number of carbonyl (C=O) groups excluding carboxylic acids is 1. The molecule has 3 aromatic rings. The van der Waals surface area contributed by atoms with Crippen molar-refractivity contribution in [3.05, 3.63) is 83.4 Å². The molecule has 9 heteroatoms. The number of halogens is 1. The van der Waals surface area contributed by atoms with Gasteiger partial charge in [-0.3, -0.25) is 9.52 Å². The van der Waals surface area contributed by atoms with E-state index in [9.17, 15) is 13.2 Å². The lowest BCUT2D eigenvalue weighted by molar-refractivity contribution is 0.0746. The van der Waals surface area contributed by atoms with Crippen LogP contribution in [-0.4, -0.2) is 52.5 Å². The zero-order valence-corrected chi connectivity index (χ0v) is 19.6. The van der Waals surface area contributed by atoms with Crippen LogP contribution in [-0.2, 0) is 10.0 Å². The third-order valence-corrected chi connectivity index (χ3v) is 7.15. The van der Waals surface area contributed by atoms with Gasteiger partial charge in [0.1, 0.15) is 5.75 Å². The highest BCUT2D eigenvalue weighted by molar-refractivity contribution is 7.92. The van der Waals surface area contributed by atoms with E-state index < -0.39 is 10.0 Å². The first kappa shape index (κ1) is 22.9. The van der Waals surface area contributed by atoms with E-state index in [2.05, 4.69) is 9.62 Å². The first-order chi connectivity index (χ1) is 15.9. The molecule has 1 fully saturated rings. The molecule has 1 heterocycles. The number of sulfonamides is 1. The number of piperazine rings is 1. The standard InChI is InChI=1S/C24H24ClN3O4S/c1-32-23-5-3-2-4-22(23)26-33(30,31)21-12-6-18(7-13-21)24(29)28-16-14-27(15-17-28)20-10-8-19(25)9-11-20/h2-13,26H,14-17H2,1H3. The molecule has 7 nitrogen and oxygen atoms in total. The summed E-state index contributed by atoms with van der Waals surface area (Å²) in [7, 11) is -2.35. The molecule has 3 aromatic carbocycles. The second kappa shape index (κ2) is 9.72. The van der Waals surface area contributed by atoms with Crippen LogP contribution < -0.4 is 14.4 Å². The minimum atomic E-state index is -3.83. The highest BCUT2D eigenvalue weighted by atomic mass is 35.5. The first-order valence-corrected chi connectivity index (χ1v) is 12.3. The Morgan fingerprint density at radius 1 is 0.909 bits per heavy atom. The summed E-state index contributed by atoms with van der Waals surface area (Å²) < 4.78 is 33.3. The van der Waals surface area contributed by atoms with Gasteiger partial charge in [-0.1, -0.05) is 23.7 Å². The smallest absolute Gasteiger partial charge is 0.262 e. The van der Waals surface area contributed by atoms with Crippen molar-refractivity contribution in [2.75, 3.05) is 42.9 Å². The Balaban J connectivity index is 1.40.